The number of nitro benzene ring substituents is 1. The van der Waals surface area contributed by atoms with Gasteiger partial charge in [0.25, 0.3) is 5.69 Å². The Morgan fingerprint density at radius 3 is 2.43 bits per heavy atom. The lowest BCUT2D eigenvalue weighted by Gasteiger charge is -2.11. The van der Waals surface area contributed by atoms with Crippen LogP contribution in [0.15, 0.2) is 79.0 Å². The minimum absolute atomic E-state index is 0.0773. The molecule has 5 heteroatoms. The largest absolute Gasteiger partial charge is 0.302 e. The van der Waals surface area contributed by atoms with Crippen molar-refractivity contribution in [1.82, 2.24) is 9.55 Å². The molecule has 6 rings (SSSR count). The normalized spacial score (nSPS) is 11.9. The number of para-hydroxylation sites is 3. The highest BCUT2D eigenvalue weighted by atomic mass is 16.6. The molecule has 5 nitrogen and oxygen atoms in total. The molecule has 0 aliphatic carbocycles. The van der Waals surface area contributed by atoms with Gasteiger partial charge in [0.15, 0.2) is 0 Å². The Hall–Kier alpha value is -3.99. The third-order valence-corrected chi connectivity index (χ3v) is 5.48. The summed E-state index contributed by atoms with van der Waals surface area (Å²) in [6.45, 7) is 0. The molecule has 0 saturated carbocycles. The first-order valence-electron chi connectivity index (χ1n) is 9.01. The maximum atomic E-state index is 12.0. The monoisotopic (exact) mass is 363 g/mol. The van der Waals surface area contributed by atoms with Crippen LogP contribution >= 0.6 is 0 Å². The number of nitrogens with zero attached hydrogens (tertiary/aromatic N) is 3. The van der Waals surface area contributed by atoms with E-state index in [1.54, 1.807) is 18.3 Å². The number of fused-ring (bicyclic) bond motifs is 8. The summed E-state index contributed by atoms with van der Waals surface area (Å²) in [5.41, 5.74) is 6.13. The van der Waals surface area contributed by atoms with Crippen LogP contribution in [0.2, 0.25) is 0 Å². The minimum atomic E-state index is -0.310. The Morgan fingerprint density at radius 1 is 0.786 bits per heavy atom. The molecule has 0 radical (unpaired) electrons. The standard InChI is InChI=1S/C23H13N3O2/c27-26(28)20-12-4-9-18-21-15(10-5-13-24-21)17-8-3-7-16-14-6-1-2-11-19(14)25(22(16)17)23(18)20/h1-13H. The van der Waals surface area contributed by atoms with E-state index in [1.807, 2.05) is 47.0 Å². The first-order chi connectivity index (χ1) is 13.8. The van der Waals surface area contributed by atoms with Gasteiger partial charge in [-0.15, -0.1) is 0 Å². The highest BCUT2D eigenvalue weighted by Crippen LogP contribution is 2.47. The molecule has 0 amide bonds. The second-order valence-corrected chi connectivity index (χ2v) is 6.88. The molecule has 1 aliphatic heterocycles. The molecule has 0 bridgehead atoms. The molecule has 0 unspecified atom stereocenters. The number of nitro groups is 1. The quantitative estimate of drug-likeness (QED) is 0.277. The molecule has 0 fully saturated rings. The number of hydrogen-bond donors (Lipinski definition) is 0. The fraction of sp³-hybridized carbons (Fsp3) is 0. The summed E-state index contributed by atoms with van der Waals surface area (Å²) >= 11 is 0. The van der Waals surface area contributed by atoms with Crippen molar-refractivity contribution in [3.05, 3.63) is 89.1 Å². The van der Waals surface area contributed by atoms with Crippen molar-refractivity contribution in [3.63, 3.8) is 0 Å². The highest BCUT2D eigenvalue weighted by molar-refractivity contribution is 6.16. The van der Waals surface area contributed by atoms with Crippen molar-refractivity contribution in [1.29, 1.82) is 0 Å². The van der Waals surface area contributed by atoms with Gasteiger partial charge in [-0.3, -0.25) is 15.1 Å². The zero-order chi connectivity index (χ0) is 18.8. The number of pyridine rings is 1. The summed E-state index contributed by atoms with van der Waals surface area (Å²) in [7, 11) is 0. The van der Waals surface area contributed by atoms with Crippen LogP contribution in [-0.2, 0) is 0 Å². The molecular formula is C23H13N3O2. The van der Waals surface area contributed by atoms with Crippen LogP contribution in [0.4, 0.5) is 5.69 Å². The van der Waals surface area contributed by atoms with Crippen LogP contribution in [-0.4, -0.2) is 14.5 Å². The third kappa shape index (κ3) is 1.77. The Bertz CT molecular complexity index is 1450. The van der Waals surface area contributed by atoms with E-state index in [9.17, 15) is 10.1 Å². The van der Waals surface area contributed by atoms with E-state index in [0.717, 1.165) is 44.2 Å². The zero-order valence-corrected chi connectivity index (χ0v) is 14.7. The summed E-state index contributed by atoms with van der Waals surface area (Å²) in [6.07, 6.45) is 1.74. The Kier molecular flexibility index (Phi) is 2.84. The van der Waals surface area contributed by atoms with Gasteiger partial charge >= 0.3 is 0 Å². The molecule has 2 aromatic heterocycles. The van der Waals surface area contributed by atoms with Crippen LogP contribution < -0.4 is 0 Å². The lowest BCUT2D eigenvalue weighted by atomic mass is 9.97. The van der Waals surface area contributed by atoms with E-state index in [-0.39, 0.29) is 10.6 Å². The smallest absolute Gasteiger partial charge is 0.293 e. The summed E-state index contributed by atoms with van der Waals surface area (Å²) < 4.78 is 2.04. The van der Waals surface area contributed by atoms with E-state index in [4.69, 9.17) is 0 Å². The van der Waals surface area contributed by atoms with Crippen molar-refractivity contribution < 1.29 is 4.92 Å². The summed E-state index contributed by atoms with van der Waals surface area (Å²) in [5, 5.41) is 14.1. The van der Waals surface area contributed by atoms with Crippen molar-refractivity contribution in [2.75, 3.05) is 0 Å². The molecule has 3 aromatic carbocycles. The second kappa shape index (κ2) is 5.27. The fourth-order valence-electron chi connectivity index (χ4n) is 4.41. The average Bonchev–Trinajstić information content (AvgIpc) is 3.00. The minimum Gasteiger partial charge on any atom is -0.302 e. The average molecular weight is 363 g/mol. The Balaban J connectivity index is 1.99. The van der Waals surface area contributed by atoms with Gasteiger partial charge in [0.2, 0.25) is 0 Å². The predicted molar refractivity (Wildman–Crippen MR) is 110 cm³/mol. The van der Waals surface area contributed by atoms with Crippen molar-refractivity contribution >= 4 is 27.5 Å². The van der Waals surface area contributed by atoms with Crippen molar-refractivity contribution in [2.45, 2.75) is 0 Å². The Morgan fingerprint density at radius 2 is 1.54 bits per heavy atom. The van der Waals surface area contributed by atoms with E-state index < -0.39 is 0 Å². The first kappa shape index (κ1) is 15.1. The van der Waals surface area contributed by atoms with E-state index in [2.05, 4.69) is 23.2 Å². The van der Waals surface area contributed by atoms with Crippen LogP contribution in [0, 0.1) is 10.1 Å². The molecule has 0 N–H and O–H groups in total. The molecule has 28 heavy (non-hydrogen) atoms. The van der Waals surface area contributed by atoms with E-state index in [1.165, 1.54) is 0 Å². The molecular weight excluding hydrogens is 350 g/mol. The zero-order valence-electron chi connectivity index (χ0n) is 14.7. The van der Waals surface area contributed by atoms with E-state index >= 15 is 0 Å². The lowest BCUT2D eigenvalue weighted by molar-refractivity contribution is -0.384. The van der Waals surface area contributed by atoms with Crippen LogP contribution in [0.3, 0.4) is 0 Å². The molecule has 0 atom stereocenters. The van der Waals surface area contributed by atoms with Gasteiger partial charge in [-0.25, -0.2) is 0 Å². The molecule has 5 aromatic rings. The number of rotatable bonds is 1. The van der Waals surface area contributed by atoms with Gasteiger partial charge in [-0.2, -0.15) is 0 Å². The molecule has 0 saturated heterocycles. The number of benzene rings is 3. The molecule has 3 heterocycles. The van der Waals surface area contributed by atoms with Gasteiger partial charge < -0.3 is 4.57 Å². The van der Waals surface area contributed by atoms with Crippen molar-refractivity contribution in [3.8, 4) is 28.1 Å². The van der Waals surface area contributed by atoms with Crippen LogP contribution in [0.1, 0.15) is 0 Å². The van der Waals surface area contributed by atoms with Gasteiger partial charge in [-0.1, -0.05) is 54.6 Å². The summed E-state index contributed by atoms with van der Waals surface area (Å²) in [4.78, 5) is 16.3. The van der Waals surface area contributed by atoms with Gasteiger partial charge in [-0.05, 0) is 12.1 Å². The molecule has 132 valence electrons. The summed E-state index contributed by atoms with van der Waals surface area (Å²) in [6, 6.07) is 23.4. The van der Waals surface area contributed by atoms with Crippen LogP contribution in [0.5, 0.6) is 0 Å². The van der Waals surface area contributed by atoms with Gasteiger partial charge in [0, 0.05) is 39.7 Å². The summed E-state index contributed by atoms with van der Waals surface area (Å²) in [5.74, 6) is 0. The number of aromatic nitrogens is 2. The number of hydrogen-bond acceptors (Lipinski definition) is 3. The first-order valence-corrected chi connectivity index (χ1v) is 9.01. The SMILES string of the molecule is O=[N+]([O-])c1cccc2c1-n1c3ccccc3c3cccc(c31)-c1cccnc1-2. The second-order valence-electron chi connectivity index (χ2n) is 6.88. The lowest BCUT2D eigenvalue weighted by Crippen LogP contribution is -2.02. The highest BCUT2D eigenvalue weighted by Gasteiger charge is 2.29. The topological polar surface area (TPSA) is 61.0 Å². The Labute approximate surface area is 159 Å². The fourth-order valence-corrected chi connectivity index (χ4v) is 4.41. The predicted octanol–water partition coefficient (Wildman–Crippen LogP) is 5.73. The molecule has 1 aliphatic rings. The van der Waals surface area contributed by atoms with Crippen LogP contribution in [0.25, 0.3) is 49.9 Å². The maximum Gasteiger partial charge on any atom is 0.293 e. The molecule has 0 spiro atoms. The van der Waals surface area contributed by atoms with E-state index in [0.29, 0.717) is 5.69 Å². The third-order valence-electron chi connectivity index (χ3n) is 5.48. The van der Waals surface area contributed by atoms with Gasteiger partial charge in [0.05, 0.1) is 21.7 Å². The van der Waals surface area contributed by atoms with Gasteiger partial charge in [0.1, 0.15) is 5.69 Å². The maximum absolute atomic E-state index is 12.0. The van der Waals surface area contributed by atoms with Crippen molar-refractivity contribution in [2.24, 2.45) is 0 Å².